The average molecular weight is 436 g/mol. The third-order valence-corrected chi connectivity index (χ3v) is 7.37. The van der Waals surface area contributed by atoms with Crippen LogP contribution in [0.2, 0.25) is 0 Å². The van der Waals surface area contributed by atoms with Crippen LogP contribution in [0.5, 0.6) is 0 Å². The Kier molecular flexibility index (Phi) is 5.72. The minimum Gasteiger partial charge on any atom is -0.454 e. The molecule has 0 amide bonds. The van der Waals surface area contributed by atoms with Crippen LogP contribution in [0.25, 0.3) is 0 Å². The van der Waals surface area contributed by atoms with Crippen molar-refractivity contribution in [1.29, 1.82) is 0 Å². The van der Waals surface area contributed by atoms with Crippen LogP contribution in [0.15, 0.2) is 10.9 Å². The quantitative estimate of drug-likeness (QED) is 0.512. The predicted molar refractivity (Wildman–Crippen MR) is 110 cm³/mol. The maximum Gasteiger partial charge on any atom is 0.344 e. The molecular formula is C20H25N3O6S. The van der Waals surface area contributed by atoms with Gasteiger partial charge < -0.3 is 9.30 Å². The summed E-state index contributed by atoms with van der Waals surface area (Å²) in [5, 5.41) is 4.01. The Morgan fingerprint density at radius 3 is 2.50 bits per heavy atom. The van der Waals surface area contributed by atoms with Crippen LogP contribution >= 0.6 is 0 Å². The number of Topliss-reactive ketones (excluding diaryl/α,β-unsaturated/α-hetero) is 1. The second-order valence-corrected chi connectivity index (χ2v) is 9.95. The lowest BCUT2D eigenvalue weighted by molar-refractivity contribution is 0.0470. The molecule has 1 unspecified atom stereocenters. The summed E-state index contributed by atoms with van der Waals surface area (Å²) in [5.74, 6) is -1.10. The molecule has 1 fully saturated rings. The predicted octanol–water partition coefficient (Wildman–Crippen LogP) is 1.21. The highest BCUT2D eigenvalue weighted by atomic mass is 32.2. The first-order chi connectivity index (χ1) is 13.9. The number of rotatable bonds is 5. The van der Waals surface area contributed by atoms with Crippen molar-refractivity contribution in [2.24, 2.45) is 7.05 Å². The summed E-state index contributed by atoms with van der Waals surface area (Å²) in [4.78, 5) is 37.4. The standard InChI is InChI=1S/C20H25N3O6S/c1-11-8-16(14(4)23(11)15-6-7-30(27,28)10-15)17(24)9-29-20(26)18-12(2)13(3)21-22(5)19(18)25/h8,15H,6-7,9-10H2,1-5H3. The molecule has 9 nitrogen and oxygen atoms in total. The molecule has 162 valence electrons. The number of sulfone groups is 1. The van der Waals surface area contributed by atoms with E-state index >= 15 is 0 Å². The number of carbonyl (C=O) groups is 2. The summed E-state index contributed by atoms with van der Waals surface area (Å²) in [5.41, 5.74) is 2.00. The van der Waals surface area contributed by atoms with Gasteiger partial charge in [0.15, 0.2) is 16.4 Å². The number of nitrogens with zero attached hydrogens (tertiary/aromatic N) is 3. The van der Waals surface area contributed by atoms with Gasteiger partial charge in [-0.1, -0.05) is 0 Å². The number of esters is 1. The molecule has 2 aromatic heterocycles. The summed E-state index contributed by atoms with van der Waals surface area (Å²) in [6.07, 6.45) is 0.505. The molecule has 1 atom stereocenters. The van der Waals surface area contributed by atoms with Crippen molar-refractivity contribution in [3.63, 3.8) is 0 Å². The molecule has 0 aliphatic carbocycles. The third kappa shape index (κ3) is 3.96. The van der Waals surface area contributed by atoms with Crippen molar-refractivity contribution in [2.75, 3.05) is 18.1 Å². The van der Waals surface area contributed by atoms with E-state index in [2.05, 4.69) is 5.10 Å². The topological polar surface area (TPSA) is 117 Å². The molecule has 2 aromatic rings. The third-order valence-electron chi connectivity index (χ3n) is 5.62. The average Bonchev–Trinajstić information content (AvgIpc) is 3.16. The molecule has 0 radical (unpaired) electrons. The minimum absolute atomic E-state index is 0.0515. The van der Waals surface area contributed by atoms with Crippen molar-refractivity contribution >= 4 is 21.6 Å². The van der Waals surface area contributed by atoms with E-state index in [0.717, 1.165) is 10.4 Å². The Morgan fingerprint density at radius 1 is 1.23 bits per heavy atom. The van der Waals surface area contributed by atoms with Gasteiger partial charge in [-0.3, -0.25) is 9.59 Å². The van der Waals surface area contributed by atoms with Gasteiger partial charge in [-0.15, -0.1) is 0 Å². The van der Waals surface area contributed by atoms with E-state index in [1.54, 1.807) is 26.8 Å². The largest absolute Gasteiger partial charge is 0.454 e. The van der Waals surface area contributed by atoms with Crippen molar-refractivity contribution in [3.05, 3.63) is 50.2 Å². The van der Waals surface area contributed by atoms with E-state index in [9.17, 15) is 22.8 Å². The fourth-order valence-electron chi connectivity index (χ4n) is 3.97. The second-order valence-electron chi connectivity index (χ2n) is 7.73. The first kappa shape index (κ1) is 21.9. The van der Waals surface area contributed by atoms with Crippen LogP contribution in [-0.4, -0.2) is 52.6 Å². The van der Waals surface area contributed by atoms with Gasteiger partial charge in [0.1, 0.15) is 5.56 Å². The van der Waals surface area contributed by atoms with Crippen molar-refractivity contribution in [1.82, 2.24) is 14.3 Å². The molecule has 0 saturated carbocycles. The van der Waals surface area contributed by atoms with Crippen LogP contribution < -0.4 is 5.56 Å². The van der Waals surface area contributed by atoms with Crippen LogP contribution in [0, 0.1) is 27.7 Å². The number of hydrogen-bond donors (Lipinski definition) is 0. The van der Waals surface area contributed by atoms with E-state index in [4.69, 9.17) is 4.74 Å². The molecule has 3 heterocycles. The Morgan fingerprint density at radius 2 is 1.90 bits per heavy atom. The summed E-state index contributed by atoms with van der Waals surface area (Å²) < 4.78 is 31.7. The normalized spacial score (nSPS) is 17.8. The highest BCUT2D eigenvalue weighted by Gasteiger charge is 2.32. The summed E-state index contributed by atoms with van der Waals surface area (Å²) in [7, 11) is -1.63. The molecular weight excluding hydrogens is 410 g/mol. The Balaban J connectivity index is 1.79. The van der Waals surface area contributed by atoms with Crippen LogP contribution in [0.1, 0.15) is 55.8 Å². The highest BCUT2D eigenvalue weighted by Crippen LogP contribution is 2.29. The molecule has 1 aliphatic rings. The first-order valence-corrected chi connectivity index (χ1v) is 11.4. The number of carbonyl (C=O) groups excluding carboxylic acids is 2. The van der Waals surface area contributed by atoms with E-state index in [0.29, 0.717) is 28.9 Å². The van der Waals surface area contributed by atoms with E-state index in [1.807, 2.05) is 11.5 Å². The summed E-state index contributed by atoms with van der Waals surface area (Å²) in [6, 6.07) is 1.47. The van der Waals surface area contributed by atoms with Gasteiger partial charge in [0, 0.05) is 30.0 Å². The number of aryl methyl sites for hydroxylation is 3. The number of aromatic nitrogens is 3. The minimum atomic E-state index is -3.07. The van der Waals surface area contributed by atoms with Gasteiger partial charge in [0.2, 0.25) is 5.78 Å². The van der Waals surface area contributed by atoms with Crippen LogP contribution in [-0.2, 0) is 21.6 Å². The van der Waals surface area contributed by atoms with Gasteiger partial charge in [0.25, 0.3) is 5.56 Å². The molecule has 10 heteroatoms. The van der Waals surface area contributed by atoms with Crippen molar-refractivity contribution in [3.8, 4) is 0 Å². The Labute approximate surface area is 174 Å². The smallest absolute Gasteiger partial charge is 0.344 e. The Bertz CT molecular complexity index is 1210. The number of ether oxygens (including phenoxy) is 1. The fraction of sp³-hybridized carbons (Fsp3) is 0.500. The lowest BCUT2D eigenvalue weighted by atomic mass is 10.1. The lowest BCUT2D eigenvalue weighted by Crippen LogP contribution is -2.30. The van der Waals surface area contributed by atoms with Gasteiger partial charge in [-0.25, -0.2) is 17.9 Å². The molecule has 0 spiro atoms. The molecule has 30 heavy (non-hydrogen) atoms. The zero-order chi connectivity index (χ0) is 22.4. The zero-order valence-electron chi connectivity index (χ0n) is 17.7. The highest BCUT2D eigenvalue weighted by molar-refractivity contribution is 7.91. The lowest BCUT2D eigenvalue weighted by Gasteiger charge is -2.16. The van der Waals surface area contributed by atoms with Gasteiger partial charge in [-0.2, -0.15) is 5.10 Å². The van der Waals surface area contributed by atoms with Gasteiger partial charge in [0.05, 0.1) is 17.2 Å². The zero-order valence-corrected chi connectivity index (χ0v) is 18.5. The van der Waals surface area contributed by atoms with Gasteiger partial charge in [-0.05, 0) is 45.7 Å². The number of ketones is 1. The molecule has 0 bridgehead atoms. The van der Waals surface area contributed by atoms with Crippen LogP contribution in [0.4, 0.5) is 0 Å². The Hall–Kier alpha value is -2.75. The van der Waals surface area contributed by atoms with Crippen LogP contribution in [0.3, 0.4) is 0 Å². The molecule has 1 aliphatic heterocycles. The molecule has 0 aromatic carbocycles. The van der Waals surface area contributed by atoms with Crippen molar-refractivity contribution < 1.29 is 22.7 Å². The number of hydrogen-bond acceptors (Lipinski definition) is 7. The molecule has 0 N–H and O–H groups in total. The monoisotopic (exact) mass is 435 g/mol. The van der Waals surface area contributed by atoms with E-state index in [1.165, 1.54) is 7.05 Å². The molecule has 3 rings (SSSR count). The van der Waals surface area contributed by atoms with Crippen molar-refractivity contribution in [2.45, 2.75) is 40.2 Å². The first-order valence-electron chi connectivity index (χ1n) is 9.56. The van der Waals surface area contributed by atoms with E-state index in [-0.39, 0.29) is 23.1 Å². The second kappa shape index (κ2) is 7.82. The SMILES string of the molecule is Cc1nn(C)c(=O)c(C(=O)OCC(=O)c2cc(C)n(C3CCS(=O)(=O)C3)c2C)c1C. The maximum atomic E-state index is 12.7. The molecule has 1 saturated heterocycles. The fourth-order valence-corrected chi connectivity index (χ4v) is 5.67. The summed E-state index contributed by atoms with van der Waals surface area (Å²) >= 11 is 0. The maximum absolute atomic E-state index is 12.7. The van der Waals surface area contributed by atoms with E-state index < -0.39 is 33.8 Å². The summed E-state index contributed by atoms with van der Waals surface area (Å²) in [6.45, 7) is 6.32. The van der Waals surface area contributed by atoms with Gasteiger partial charge >= 0.3 is 5.97 Å².